The quantitative estimate of drug-likeness (QED) is 0.743. The average molecular weight is 319 g/mol. The summed E-state index contributed by atoms with van der Waals surface area (Å²) < 4.78 is 0. The summed E-state index contributed by atoms with van der Waals surface area (Å²) >= 11 is 6.96. The molecule has 1 rings (SSSR count). The zero-order chi connectivity index (χ0) is 15.3. The van der Waals surface area contributed by atoms with Crippen LogP contribution in [-0.2, 0) is 4.79 Å². The standard InChI is InChI=1S/C13H15ClO5S/c1-7(15)20-6-5-10(16)12(17)8-3-2-4-9(11(8)14)13(18)19/h2-4,10,12,16-17H,5-6H2,1H3,(H,18,19). The second-order valence-electron chi connectivity index (χ2n) is 4.15. The molecule has 0 spiro atoms. The van der Waals surface area contributed by atoms with Gasteiger partial charge in [-0.15, -0.1) is 0 Å². The number of halogens is 1. The van der Waals surface area contributed by atoms with Gasteiger partial charge in [-0.05, 0) is 12.5 Å². The van der Waals surface area contributed by atoms with Crippen LogP contribution in [0.15, 0.2) is 18.2 Å². The fourth-order valence-electron chi connectivity index (χ4n) is 1.63. The van der Waals surface area contributed by atoms with Gasteiger partial charge in [-0.1, -0.05) is 35.5 Å². The molecule has 0 amide bonds. The van der Waals surface area contributed by atoms with Crippen LogP contribution in [0.25, 0.3) is 0 Å². The number of carboxylic acids is 1. The van der Waals surface area contributed by atoms with E-state index >= 15 is 0 Å². The normalized spacial score (nSPS) is 13.8. The first-order valence-corrected chi connectivity index (χ1v) is 7.22. The maximum Gasteiger partial charge on any atom is 0.337 e. The molecule has 0 saturated carbocycles. The van der Waals surface area contributed by atoms with E-state index in [1.54, 1.807) is 0 Å². The molecule has 3 N–H and O–H groups in total. The fraction of sp³-hybridized carbons (Fsp3) is 0.385. The molecule has 0 bridgehead atoms. The van der Waals surface area contributed by atoms with Gasteiger partial charge in [0, 0.05) is 18.2 Å². The smallest absolute Gasteiger partial charge is 0.337 e. The molecule has 20 heavy (non-hydrogen) atoms. The Balaban J connectivity index is 2.81. The highest BCUT2D eigenvalue weighted by Crippen LogP contribution is 2.29. The fourth-order valence-corrected chi connectivity index (χ4v) is 2.60. The van der Waals surface area contributed by atoms with Crippen molar-refractivity contribution in [2.24, 2.45) is 0 Å². The molecule has 0 aliphatic heterocycles. The molecule has 1 aromatic carbocycles. The Morgan fingerprint density at radius 1 is 1.35 bits per heavy atom. The first kappa shape index (κ1) is 17.0. The second kappa shape index (κ2) is 7.64. The minimum atomic E-state index is -1.30. The van der Waals surface area contributed by atoms with Crippen LogP contribution in [0.3, 0.4) is 0 Å². The van der Waals surface area contributed by atoms with Gasteiger partial charge < -0.3 is 15.3 Å². The van der Waals surface area contributed by atoms with Gasteiger partial charge in [0.1, 0.15) is 6.10 Å². The van der Waals surface area contributed by atoms with Gasteiger partial charge in [0.15, 0.2) is 5.12 Å². The molecule has 0 saturated heterocycles. The summed E-state index contributed by atoms with van der Waals surface area (Å²) in [6.45, 7) is 1.42. The lowest BCUT2D eigenvalue weighted by Gasteiger charge is -2.19. The highest BCUT2D eigenvalue weighted by molar-refractivity contribution is 8.13. The lowest BCUT2D eigenvalue weighted by Crippen LogP contribution is -2.20. The van der Waals surface area contributed by atoms with Gasteiger partial charge in [-0.3, -0.25) is 4.79 Å². The van der Waals surface area contributed by atoms with Crippen molar-refractivity contribution in [3.05, 3.63) is 34.3 Å². The van der Waals surface area contributed by atoms with E-state index in [1.807, 2.05) is 0 Å². The molecule has 0 radical (unpaired) electrons. The summed E-state index contributed by atoms with van der Waals surface area (Å²) in [5, 5.41) is 28.7. The van der Waals surface area contributed by atoms with Crippen molar-refractivity contribution in [1.82, 2.24) is 0 Å². The molecule has 0 aliphatic carbocycles. The first-order chi connectivity index (χ1) is 9.34. The SMILES string of the molecule is CC(=O)SCCC(O)C(O)c1cccc(C(=O)O)c1Cl. The highest BCUT2D eigenvalue weighted by atomic mass is 35.5. The van der Waals surface area contributed by atoms with Crippen LogP contribution >= 0.6 is 23.4 Å². The zero-order valence-electron chi connectivity index (χ0n) is 10.7. The van der Waals surface area contributed by atoms with Crippen molar-refractivity contribution in [2.75, 3.05) is 5.75 Å². The maximum absolute atomic E-state index is 10.9. The zero-order valence-corrected chi connectivity index (χ0v) is 12.3. The van der Waals surface area contributed by atoms with Crippen LogP contribution < -0.4 is 0 Å². The van der Waals surface area contributed by atoms with Crippen molar-refractivity contribution in [3.8, 4) is 0 Å². The van der Waals surface area contributed by atoms with Gasteiger partial charge >= 0.3 is 5.97 Å². The lowest BCUT2D eigenvalue weighted by molar-refractivity contribution is -0.109. The average Bonchev–Trinajstić information content (AvgIpc) is 2.37. The maximum atomic E-state index is 10.9. The predicted molar refractivity (Wildman–Crippen MR) is 77.1 cm³/mol. The van der Waals surface area contributed by atoms with Crippen LogP contribution in [-0.4, -0.2) is 38.3 Å². The number of rotatable bonds is 6. The van der Waals surface area contributed by atoms with Crippen LogP contribution in [0.5, 0.6) is 0 Å². The van der Waals surface area contributed by atoms with Crippen LogP contribution in [0.2, 0.25) is 5.02 Å². The van der Waals surface area contributed by atoms with Gasteiger partial charge in [0.2, 0.25) is 0 Å². The number of thioether (sulfide) groups is 1. The molecule has 7 heteroatoms. The van der Waals surface area contributed by atoms with Crippen molar-refractivity contribution in [1.29, 1.82) is 0 Å². The summed E-state index contributed by atoms with van der Waals surface area (Å²) in [5.74, 6) is -0.838. The molecular weight excluding hydrogens is 304 g/mol. The Morgan fingerprint density at radius 2 is 2.00 bits per heavy atom. The van der Waals surface area contributed by atoms with E-state index in [9.17, 15) is 19.8 Å². The summed E-state index contributed by atoms with van der Waals surface area (Å²) in [7, 11) is 0. The van der Waals surface area contributed by atoms with Crippen molar-refractivity contribution < 1.29 is 24.9 Å². The molecule has 0 heterocycles. The van der Waals surface area contributed by atoms with E-state index in [2.05, 4.69) is 0 Å². The third kappa shape index (κ3) is 4.49. The van der Waals surface area contributed by atoms with Gasteiger partial charge in [-0.25, -0.2) is 4.79 Å². The Hall–Kier alpha value is -1.08. The van der Waals surface area contributed by atoms with E-state index in [0.717, 1.165) is 11.8 Å². The molecule has 0 fully saturated rings. The van der Waals surface area contributed by atoms with E-state index in [-0.39, 0.29) is 27.7 Å². The third-order valence-corrected chi connectivity index (χ3v) is 3.93. The Morgan fingerprint density at radius 3 is 2.55 bits per heavy atom. The number of hydrogen-bond donors (Lipinski definition) is 3. The minimum absolute atomic E-state index is 0.0717. The van der Waals surface area contributed by atoms with Crippen molar-refractivity contribution >= 4 is 34.4 Å². The van der Waals surface area contributed by atoms with Crippen molar-refractivity contribution in [2.45, 2.75) is 25.6 Å². The summed E-state index contributed by atoms with van der Waals surface area (Å²) in [5.41, 5.74) is 0.0282. The number of aromatic carboxylic acids is 1. The molecule has 110 valence electrons. The Labute approximate surface area is 125 Å². The van der Waals surface area contributed by atoms with E-state index < -0.39 is 18.2 Å². The molecule has 5 nitrogen and oxygen atoms in total. The van der Waals surface area contributed by atoms with Crippen molar-refractivity contribution in [3.63, 3.8) is 0 Å². The molecular formula is C13H15ClO5S. The predicted octanol–water partition coefficient (Wildman–Crippen LogP) is 2.10. The lowest BCUT2D eigenvalue weighted by atomic mass is 10.0. The molecule has 1 aromatic rings. The first-order valence-electron chi connectivity index (χ1n) is 5.85. The highest BCUT2D eigenvalue weighted by Gasteiger charge is 2.23. The van der Waals surface area contributed by atoms with Crippen LogP contribution in [0.1, 0.15) is 35.4 Å². The monoisotopic (exact) mass is 318 g/mol. The van der Waals surface area contributed by atoms with Crippen LogP contribution in [0.4, 0.5) is 0 Å². The number of carboxylic acid groups (broad SMARTS) is 1. The molecule has 0 aliphatic rings. The van der Waals surface area contributed by atoms with Gasteiger partial charge in [-0.2, -0.15) is 0 Å². The molecule has 2 unspecified atom stereocenters. The van der Waals surface area contributed by atoms with Crippen LogP contribution in [0, 0.1) is 0 Å². The largest absolute Gasteiger partial charge is 0.478 e. The van der Waals surface area contributed by atoms with E-state index in [1.165, 1.54) is 25.1 Å². The van der Waals surface area contributed by atoms with E-state index in [0.29, 0.717) is 5.75 Å². The molecule has 0 aromatic heterocycles. The topological polar surface area (TPSA) is 94.8 Å². The number of carbonyl (C=O) groups excluding carboxylic acids is 1. The number of carbonyl (C=O) groups is 2. The number of aliphatic hydroxyl groups excluding tert-OH is 2. The number of benzene rings is 1. The van der Waals surface area contributed by atoms with Gasteiger partial charge in [0.25, 0.3) is 0 Å². The minimum Gasteiger partial charge on any atom is -0.478 e. The summed E-state index contributed by atoms with van der Waals surface area (Å²) in [6.07, 6.45) is -2.23. The number of hydrogen-bond acceptors (Lipinski definition) is 5. The summed E-state index contributed by atoms with van der Waals surface area (Å²) in [6, 6.07) is 4.23. The second-order valence-corrected chi connectivity index (χ2v) is 5.80. The van der Waals surface area contributed by atoms with E-state index in [4.69, 9.17) is 16.7 Å². The Kier molecular flexibility index (Phi) is 6.48. The third-order valence-electron chi connectivity index (χ3n) is 2.66. The Bertz CT molecular complexity index is 506. The molecule has 2 atom stereocenters. The summed E-state index contributed by atoms with van der Waals surface area (Å²) in [4.78, 5) is 21.7. The van der Waals surface area contributed by atoms with Gasteiger partial charge in [0.05, 0.1) is 16.7 Å². The number of aliphatic hydroxyl groups is 2.